The van der Waals surface area contributed by atoms with Gasteiger partial charge >= 0.3 is 0 Å². The number of rotatable bonds is 2. The Kier molecular flexibility index (Phi) is 3.08. The van der Waals surface area contributed by atoms with Gasteiger partial charge < -0.3 is 14.6 Å². The van der Waals surface area contributed by atoms with Crippen molar-refractivity contribution in [2.45, 2.75) is 0 Å². The Bertz CT molecular complexity index is 567. The predicted molar refractivity (Wildman–Crippen MR) is 69.7 cm³/mol. The Hall–Kier alpha value is -2.08. The Morgan fingerprint density at radius 2 is 2.21 bits per heavy atom. The molecule has 0 atom stereocenters. The van der Waals surface area contributed by atoms with Crippen molar-refractivity contribution in [3.8, 4) is 11.5 Å². The highest BCUT2D eigenvalue weighted by Crippen LogP contribution is 2.20. The van der Waals surface area contributed by atoms with E-state index in [1.807, 2.05) is 24.1 Å². The lowest BCUT2D eigenvalue weighted by molar-refractivity contribution is 0.0729. The summed E-state index contributed by atoms with van der Waals surface area (Å²) in [7, 11) is 1.81. The highest BCUT2D eigenvalue weighted by atomic mass is 16.3. The van der Waals surface area contributed by atoms with Gasteiger partial charge in [-0.2, -0.15) is 5.10 Å². The fourth-order valence-corrected chi connectivity index (χ4v) is 2.26. The molecule has 100 valence electrons. The monoisotopic (exact) mass is 260 g/mol. The van der Waals surface area contributed by atoms with E-state index in [4.69, 9.17) is 4.42 Å². The van der Waals surface area contributed by atoms with E-state index in [1.54, 1.807) is 17.0 Å². The highest BCUT2D eigenvalue weighted by Gasteiger charge is 2.22. The third-order valence-electron chi connectivity index (χ3n) is 3.28. The zero-order valence-corrected chi connectivity index (χ0v) is 10.8. The lowest BCUT2D eigenvalue weighted by Gasteiger charge is -2.26. The third-order valence-corrected chi connectivity index (χ3v) is 3.28. The molecule has 0 saturated carbocycles. The maximum absolute atomic E-state index is 12.3. The molecule has 2 aromatic rings. The van der Waals surface area contributed by atoms with Crippen LogP contribution in [0.25, 0.3) is 11.5 Å². The number of furan rings is 1. The van der Waals surface area contributed by atoms with Crippen LogP contribution in [0.2, 0.25) is 0 Å². The molecule has 0 aliphatic carbocycles. The molecule has 1 aliphatic rings. The van der Waals surface area contributed by atoms with Crippen LogP contribution in [-0.4, -0.2) is 46.8 Å². The summed E-state index contributed by atoms with van der Waals surface area (Å²) in [6.07, 6.45) is 1.61. The number of nitrogens with zero attached hydrogens (tertiary/aromatic N) is 3. The number of aryl methyl sites for hydroxylation is 1. The third kappa shape index (κ3) is 2.26. The minimum atomic E-state index is -0.0186. The van der Waals surface area contributed by atoms with Crippen molar-refractivity contribution in [1.82, 2.24) is 20.0 Å². The first-order valence-corrected chi connectivity index (χ1v) is 6.33. The van der Waals surface area contributed by atoms with E-state index in [2.05, 4.69) is 10.4 Å². The van der Waals surface area contributed by atoms with Crippen molar-refractivity contribution in [2.75, 3.05) is 26.2 Å². The number of carbonyl (C=O) groups excluding carboxylic acids is 1. The highest BCUT2D eigenvalue weighted by molar-refractivity contribution is 5.93. The summed E-state index contributed by atoms with van der Waals surface area (Å²) in [6.45, 7) is 3.13. The van der Waals surface area contributed by atoms with Gasteiger partial charge in [-0.15, -0.1) is 0 Å². The molecule has 3 rings (SSSR count). The molecule has 19 heavy (non-hydrogen) atoms. The van der Waals surface area contributed by atoms with Gasteiger partial charge in [-0.3, -0.25) is 9.48 Å². The van der Waals surface area contributed by atoms with Crippen LogP contribution in [0.3, 0.4) is 0 Å². The first kappa shape index (κ1) is 12.0. The molecule has 1 saturated heterocycles. The molecule has 1 amide bonds. The number of piperazine rings is 1. The summed E-state index contributed by atoms with van der Waals surface area (Å²) in [5.74, 6) is 0.698. The van der Waals surface area contributed by atoms with Gasteiger partial charge in [0.1, 0.15) is 5.69 Å². The molecule has 6 nitrogen and oxygen atoms in total. The summed E-state index contributed by atoms with van der Waals surface area (Å²) < 4.78 is 7.02. The molecule has 1 fully saturated rings. The number of aromatic nitrogens is 2. The molecular formula is C13H16N4O2. The normalized spacial score (nSPS) is 15.7. The van der Waals surface area contributed by atoms with Crippen molar-refractivity contribution >= 4 is 5.91 Å². The van der Waals surface area contributed by atoms with Gasteiger partial charge in [0.25, 0.3) is 5.91 Å². The predicted octanol–water partition coefficient (Wildman–Crippen LogP) is 0.726. The standard InChI is InChI=1S/C13H16N4O2/c1-16-11(12-3-2-8-19-12)9-10(15-16)13(18)17-6-4-14-5-7-17/h2-3,8-9,14H,4-7H2,1H3. The van der Waals surface area contributed by atoms with E-state index in [-0.39, 0.29) is 5.91 Å². The average molecular weight is 260 g/mol. The van der Waals surface area contributed by atoms with Crippen LogP contribution in [0.1, 0.15) is 10.5 Å². The van der Waals surface area contributed by atoms with Crippen molar-refractivity contribution in [1.29, 1.82) is 0 Å². The number of nitrogens with one attached hydrogen (secondary N) is 1. The SMILES string of the molecule is Cn1nc(C(=O)N2CCNCC2)cc1-c1ccco1. The molecule has 1 N–H and O–H groups in total. The lowest BCUT2D eigenvalue weighted by atomic mass is 10.2. The van der Waals surface area contributed by atoms with Crippen molar-refractivity contribution in [2.24, 2.45) is 7.05 Å². The van der Waals surface area contributed by atoms with E-state index < -0.39 is 0 Å². The van der Waals surface area contributed by atoms with Gasteiger partial charge in [0.2, 0.25) is 0 Å². The maximum Gasteiger partial charge on any atom is 0.274 e. The van der Waals surface area contributed by atoms with Crippen molar-refractivity contribution < 1.29 is 9.21 Å². The number of amides is 1. The van der Waals surface area contributed by atoms with Crippen LogP contribution in [0.5, 0.6) is 0 Å². The van der Waals surface area contributed by atoms with Crippen LogP contribution in [0.4, 0.5) is 0 Å². The van der Waals surface area contributed by atoms with Gasteiger partial charge in [0.15, 0.2) is 11.5 Å². The number of carbonyl (C=O) groups is 1. The first-order chi connectivity index (χ1) is 9.25. The van der Waals surface area contributed by atoms with E-state index in [0.29, 0.717) is 5.69 Å². The van der Waals surface area contributed by atoms with E-state index in [0.717, 1.165) is 37.6 Å². The average Bonchev–Trinajstić information content (AvgIpc) is 3.08. The molecule has 3 heterocycles. The van der Waals surface area contributed by atoms with Gasteiger partial charge in [-0.05, 0) is 12.1 Å². The maximum atomic E-state index is 12.3. The zero-order valence-electron chi connectivity index (χ0n) is 10.8. The van der Waals surface area contributed by atoms with Crippen LogP contribution in [0.15, 0.2) is 28.9 Å². The van der Waals surface area contributed by atoms with Gasteiger partial charge in [-0.25, -0.2) is 0 Å². The first-order valence-electron chi connectivity index (χ1n) is 6.33. The molecule has 0 bridgehead atoms. The molecule has 1 aliphatic heterocycles. The molecule has 0 radical (unpaired) electrons. The molecule has 6 heteroatoms. The largest absolute Gasteiger partial charge is 0.463 e. The Labute approximate surface area is 111 Å². The summed E-state index contributed by atoms with van der Waals surface area (Å²) >= 11 is 0. The van der Waals surface area contributed by atoms with Crippen LogP contribution in [-0.2, 0) is 7.05 Å². The van der Waals surface area contributed by atoms with Crippen LogP contribution in [0, 0.1) is 0 Å². The molecular weight excluding hydrogens is 244 g/mol. The Balaban J connectivity index is 1.85. The van der Waals surface area contributed by atoms with Crippen molar-refractivity contribution in [3.05, 3.63) is 30.2 Å². The summed E-state index contributed by atoms with van der Waals surface area (Å²) in [6, 6.07) is 5.46. The quantitative estimate of drug-likeness (QED) is 0.864. The molecule has 0 unspecified atom stereocenters. The molecule has 0 spiro atoms. The second-order valence-corrected chi connectivity index (χ2v) is 4.56. The summed E-state index contributed by atoms with van der Waals surface area (Å²) in [5, 5.41) is 7.51. The van der Waals surface area contributed by atoms with E-state index in [1.165, 1.54) is 0 Å². The van der Waals surface area contributed by atoms with Crippen LogP contribution >= 0.6 is 0 Å². The van der Waals surface area contributed by atoms with E-state index in [9.17, 15) is 4.79 Å². The number of hydrogen-bond acceptors (Lipinski definition) is 4. The topological polar surface area (TPSA) is 63.3 Å². The fourth-order valence-electron chi connectivity index (χ4n) is 2.26. The second-order valence-electron chi connectivity index (χ2n) is 4.56. The van der Waals surface area contributed by atoms with E-state index >= 15 is 0 Å². The molecule has 2 aromatic heterocycles. The van der Waals surface area contributed by atoms with Crippen LogP contribution < -0.4 is 5.32 Å². The Morgan fingerprint density at radius 3 is 2.89 bits per heavy atom. The Morgan fingerprint density at radius 1 is 1.42 bits per heavy atom. The minimum absolute atomic E-state index is 0.0186. The van der Waals surface area contributed by atoms with Crippen molar-refractivity contribution in [3.63, 3.8) is 0 Å². The smallest absolute Gasteiger partial charge is 0.274 e. The fraction of sp³-hybridized carbons (Fsp3) is 0.385. The zero-order chi connectivity index (χ0) is 13.2. The van der Waals surface area contributed by atoms with Gasteiger partial charge in [0.05, 0.1) is 6.26 Å². The summed E-state index contributed by atoms with van der Waals surface area (Å²) in [4.78, 5) is 14.2. The second kappa shape index (κ2) is 4.89. The summed E-state index contributed by atoms with van der Waals surface area (Å²) in [5.41, 5.74) is 1.28. The lowest BCUT2D eigenvalue weighted by Crippen LogP contribution is -2.46. The van der Waals surface area contributed by atoms with Gasteiger partial charge in [0, 0.05) is 39.3 Å². The van der Waals surface area contributed by atoms with Gasteiger partial charge in [-0.1, -0.05) is 0 Å². The minimum Gasteiger partial charge on any atom is -0.463 e. The molecule has 0 aromatic carbocycles. The number of hydrogen-bond donors (Lipinski definition) is 1.